The minimum Gasteiger partial charge on any atom is -0.374 e. The Kier molecular flexibility index (Phi) is 4.26. The van der Waals surface area contributed by atoms with E-state index < -0.39 is 9.84 Å². The van der Waals surface area contributed by atoms with Crippen molar-refractivity contribution >= 4 is 32.1 Å². The van der Waals surface area contributed by atoms with Gasteiger partial charge in [-0.1, -0.05) is 6.08 Å². The lowest BCUT2D eigenvalue weighted by atomic mass is 9.97. The number of hydrogen-bond donors (Lipinski definition) is 2. The fourth-order valence-electron chi connectivity index (χ4n) is 4.40. The van der Waals surface area contributed by atoms with Crippen LogP contribution in [0.3, 0.4) is 0 Å². The third kappa shape index (κ3) is 2.96. The molecular formula is C22H24N4O2S. The highest BCUT2D eigenvalue weighted by atomic mass is 32.2. The second-order valence-corrected chi connectivity index (χ2v) is 9.86. The fourth-order valence-corrected chi connectivity index (χ4v) is 5.86. The van der Waals surface area contributed by atoms with Crippen LogP contribution in [0.4, 0.5) is 5.69 Å². The van der Waals surface area contributed by atoms with E-state index in [0.29, 0.717) is 22.0 Å². The quantitative estimate of drug-likeness (QED) is 0.696. The van der Waals surface area contributed by atoms with Crippen molar-refractivity contribution in [2.75, 3.05) is 25.0 Å². The molecule has 0 bridgehead atoms. The van der Waals surface area contributed by atoms with Gasteiger partial charge >= 0.3 is 0 Å². The fraction of sp³-hybridized carbons (Fsp3) is 0.318. The van der Waals surface area contributed by atoms with Gasteiger partial charge in [-0.05, 0) is 55.2 Å². The SMILES string of the molecule is CC1CC(c2c[nH]c3c(S(=O)(=O)c4ccc5c(c4)CCN5C)ccnc23)=CCN1. The number of aromatic nitrogens is 2. The number of aromatic amines is 1. The van der Waals surface area contributed by atoms with E-state index in [-0.39, 0.29) is 4.90 Å². The van der Waals surface area contributed by atoms with Gasteiger partial charge in [0.15, 0.2) is 0 Å². The van der Waals surface area contributed by atoms with Gasteiger partial charge in [0.25, 0.3) is 0 Å². The summed E-state index contributed by atoms with van der Waals surface area (Å²) >= 11 is 0. The molecule has 2 aliphatic heterocycles. The van der Waals surface area contributed by atoms with Crippen molar-refractivity contribution in [3.8, 4) is 0 Å². The smallest absolute Gasteiger partial charge is 0.208 e. The van der Waals surface area contributed by atoms with Gasteiger partial charge in [-0.15, -0.1) is 0 Å². The average molecular weight is 409 g/mol. The molecule has 29 heavy (non-hydrogen) atoms. The van der Waals surface area contributed by atoms with Crippen molar-refractivity contribution in [3.63, 3.8) is 0 Å². The highest BCUT2D eigenvalue weighted by Gasteiger charge is 2.26. The molecule has 6 nitrogen and oxygen atoms in total. The number of H-pyrrole nitrogens is 1. The molecule has 7 heteroatoms. The van der Waals surface area contributed by atoms with Crippen LogP contribution in [0.1, 0.15) is 24.5 Å². The van der Waals surface area contributed by atoms with Crippen LogP contribution < -0.4 is 10.2 Å². The molecule has 0 fully saturated rings. The summed E-state index contributed by atoms with van der Waals surface area (Å²) in [7, 11) is -1.62. The first-order chi connectivity index (χ1) is 13.9. The van der Waals surface area contributed by atoms with Crippen LogP contribution in [0.2, 0.25) is 0 Å². The van der Waals surface area contributed by atoms with E-state index in [1.165, 1.54) is 5.57 Å². The number of benzene rings is 1. The molecule has 1 unspecified atom stereocenters. The Morgan fingerprint density at radius 3 is 2.93 bits per heavy atom. The third-order valence-electron chi connectivity index (χ3n) is 5.99. The van der Waals surface area contributed by atoms with E-state index in [1.54, 1.807) is 18.3 Å². The monoisotopic (exact) mass is 408 g/mol. The molecule has 0 aliphatic carbocycles. The highest BCUT2D eigenvalue weighted by Crippen LogP contribution is 2.35. The van der Waals surface area contributed by atoms with E-state index in [1.807, 2.05) is 25.4 Å². The third-order valence-corrected chi connectivity index (χ3v) is 7.79. The number of hydrogen-bond acceptors (Lipinski definition) is 5. The molecule has 0 radical (unpaired) electrons. The molecule has 0 saturated heterocycles. The zero-order valence-corrected chi connectivity index (χ0v) is 17.4. The van der Waals surface area contributed by atoms with Gasteiger partial charge in [0, 0.05) is 49.8 Å². The second-order valence-electron chi connectivity index (χ2n) is 7.94. The summed E-state index contributed by atoms with van der Waals surface area (Å²) in [4.78, 5) is 10.5. The largest absolute Gasteiger partial charge is 0.374 e. The number of nitrogens with one attached hydrogen (secondary N) is 2. The van der Waals surface area contributed by atoms with Crippen molar-refractivity contribution in [2.45, 2.75) is 35.6 Å². The van der Waals surface area contributed by atoms with Crippen LogP contribution in [0.15, 0.2) is 52.5 Å². The minimum absolute atomic E-state index is 0.280. The van der Waals surface area contributed by atoms with Crippen molar-refractivity contribution in [1.82, 2.24) is 15.3 Å². The molecule has 2 N–H and O–H groups in total. The Morgan fingerprint density at radius 2 is 2.10 bits per heavy atom. The molecular weight excluding hydrogens is 384 g/mol. The van der Waals surface area contributed by atoms with E-state index in [9.17, 15) is 8.42 Å². The normalized spacial score (nSPS) is 19.4. The Morgan fingerprint density at radius 1 is 1.24 bits per heavy atom. The lowest BCUT2D eigenvalue weighted by molar-refractivity contribution is 0.579. The molecule has 0 spiro atoms. The number of anilines is 1. The number of rotatable bonds is 3. The Bertz CT molecular complexity index is 1240. The second kappa shape index (κ2) is 6.71. The van der Waals surface area contributed by atoms with Crippen molar-refractivity contribution < 1.29 is 8.42 Å². The molecule has 1 aromatic carbocycles. The highest BCUT2D eigenvalue weighted by molar-refractivity contribution is 7.91. The summed E-state index contributed by atoms with van der Waals surface area (Å²) in [5.41, 5.74) is 5.67. The van der Waals surface area contributed by atoms with Crippen LogP contribution in [-0.2, 0) is 16.3 Å². The molecule has 4 heterocycles. The molecule has 2 aromatic heterocycles. The zero-order valence-electron chi connectivity index (χ0n) is 16.6. The van der Waals surface area contributed by atoms with Crippen molar-refractivity contribution in [1.29, 1.82) is 0 Å². The van der Waals surface area contributed by atoms with Gasteiger partial charge in [-0.25, -0.2) is 8.42 Å². The van der Waals surface area contributed by atoms with E-state index in [4.69, 9.17) is 0 Å². The summed E-state index contributed by atoms with van der Waals surface area (Å²) < 4.78 is 27.0. The van der Waals surface area contributed by atoms with Crippen LogP contribution in [0, 0.1) is 0 Å². The Balaban J connectivity index is 1.61. The van der Waals surface area contributed by atoms with Crippen LogP contribution in [-0.4, -0.2) is 44.6 Å². The maximum atomic E-state index is 13.5. The predicted molar refractivity (Wildman–Crippen MR) is 115 cm³/mol. The maximum absolute atomic E-state index is 13.5. The molecule has 3 aromatic rings. The lowest BCUT2D eigenvalue weighted by Gasteiger charge is -2.20. The van der Waals surface area contributed by atoms with Crippen molar-refractivity contribution in [3.05, 3.63) is 53.9 Å². The minimum atomic E-state index is -3.65. The average Bonchev–Trinajstić information content (AvgIpc) is 3.31. The van der Waals surface area contributed by atoms with Gasteiger partial charge in [-0.2, -0.15) is 0 Å². The first-order valence-electron chi connectivity index (χ1n) is 9.93. The van der Waals surface area contributed by atoms with Crippen molar-refractivity contribution in [2.24, 2.45) is 0 Å². The van der Waals surface area contributed by atoms with E-state index in [2.05, 4.69) is 33.2 Å². The molecule has 0 amide bonds. The number of likely N-dealkylation sites (N-methyl/N-ethyl adjacent to an activating group) is 1. The van der Waals surface area contributed by atoms with E-state index >= 15 is 0 Å². The summed E-state index contributed by atoms with van der Waals surface area (Å²) in [6.07, 6.45) is 7.40. The zero-order chi connectivity index (χ0) is 20.2. The Labute approximate surface area is 170 Å². The maximum Gasteiger partial charge on any atom is 0.208 e. The van der Waals surface area contributed by atoms with Gasteiger partial charge < -0.3 is 15.2 Å². The van der Waals surface area contributed by atoms with Crippen LogP contribution in [0.5, 0.6) is 0 Å². The van der Waals surface area contributed by atoms with Gasteiger partial charge in [0.2, 0.25) is 9.84 Å². The number of sulfone groups is 1. The number of nitrogens with zero attached hydrogens (tertiary/aromatic N) is 2. The summed E-state index contributed by atoms with van der Waals surface area (Å²) in [5, 5.41) is 3.40. The summed E-state index contributed by atoms with van der Waals surface area (Å²) in [6, 6.07) is 7.42. The lowest BCUT2D eigenvalue weighted by Crippen LogP contribution is -2.29. The summed E-state index contributed by atoms with van der Waals surface area (Å²) in [5.74, 6) is 0. The molecule has 150 valence electrons. The topological polar surface area (TPSA) is 78.1 Å². The summed E-state index contributed by atoms with van der Waals surface area (Å²) in [6.45, 7) is 3.88. The standard InChI is InChI=1S/C22H24N4O2S/c1-14-11-15(5-8-23-14)18-13-25-22-20(6-9-24-21(18)22)29(27,28)17-3-4-19-16(12-17)7-10-26(19)2/h3-6,9,12-14,23,25H,7-8,10-11H2,1-2H3. The Hall–Kier alpha value is -2.64. The molecule has 2 aliphatic rings. The molecule has 0 saturated carbocycles. The van der Waals surface area contributed by atoms with Gasteiger partial charge in [0.05, 0.1) is 20.8 Å². The predicted octanol–water partition coefficient (Wildman–Crippen LogP) is 3.15. The number of pyridine rings is 1. The van der Waals surface area contributed by atoms with Crippen LogP contribution in [0.25, 0.3) is 16.6 Å². The van der Waals surface area contributed by atoms with Gasteiger partial charge in [-0.3, -0.25) is 4.98 Å². The van der Waals surface area contributed by atoms with Crippen LogP contribution >= 0.6 is 0 Å². The van der Waals surface area contributed by atoms with E-state index in [0.717, 1.165) is 42.7 Å². The van der Waals surface area contributed by atoms with Gasteiger partial charge in [0.1, 0.15) is 0 Å². The first kappa shape index (κ1) is 18.4. The first-order valence-corrected chi connectivity index (χ1v) is 11.4. The number of fused-ring (bicyclic) bond motifs is 2. The molecule has 5 rings (SSSR count). The molecule has 1 atom stereocenters.